The standard InChI is InChI=1S/C9H8Cl2O3S/c10-6-3-5(8(11)15-6)7-4(9(12)13)1-2-14-7/h3-4,7H,1-2H2,(H,12,13). The molecule has 0 saturated carbocycles. The molecule has 15 heavy (non-hydrogen) atoms. The minimum absolute atomic E-state index is 0.450. The average molecular weight is 267 g/mol. The molecule has 1 fully saturated rings. The van der Waals surface area contributed by atoms with Crippen LogP contribution in [-0.4, -0.2) is 17.7 Å². The normalized spacial score (nSPS) is 25.7. The summed E-state index contributed by atoms with van der Waals surface area (Å²) < 4.78 is 6.45. The highest BCUT2D eigenvalue weighted by molar-refractivity contribution is 7.20. The van der Waals surface area contributed by atoms with Gasteiger partial charge >= 0.3 is 5.97 Å². The minimum atomic E-state index is -0.851. The second-order valence-electron chi connectivity index (χ2n) is 3.30. The summed E-state index contributed by atoms with van der Waals surface area (Å²) in [5, 5.41) is 8.99. The summed E-state index contributed by atoms with van der Waals surface area (Å²) in [6.45, 7) is 0.450. The zero-order valence-corrected chi connectivity index (χ0v) is 9.90. The van der Waals surface area contributed by atoms with Crippen molar-refractivity contribution in [1.82, 2.24) is 0 Å². The molecule has 2 unspecified atom stereocenters. The van der Waals surface area contributed by atoms with Crippen LogP contribution in [0.1, 0.15) is 18.1 Å². The van der Waals surface area contributed by atoms with E-state index in [0.717, 1.165) is 0 Å². The third-order valence-electron chi connectivity index (χ3n) is 2.40. The molecule has 1 N–H and O–H groups in total. The van der Waals surface area contributed by atoms with E-state index < -0.39 is 18.0 Å². The van der Waals surface area contributed by atoms with E-state index in [1.54, 1.807) is 6.07 Å². The second-order valence-corrected chi connectivity index (χ2v) is 5.59. The number of ether oxygens (including phenoxy) is 1. The summed E-state index contributed by atoms with van der Waals surface area (Å²) in [5.74, 6) is -1.37. The van der Waals surface area contributed by atoms with Crippen molar-refractivity contribution in [3.63, 3.8) is 0 Å². The van der Waals surface area contributed by atoms with Gasteiger partial charge < -0.3 is 9.84 Å². The van der Waals surface area contributed by atoms with Gasteiger partial charge in [-0.1, -0.05) is 23.2 Å². The van der Waals surface area contributed by atoms with E-state index in [1.165, 1.54) is 11.3 Å². The Kier molecular flexibility index (Phi) is 3.21. The maximum Gasteiger partial charge on any atom is 0.309 e. The van der Waals surface area contributed by atoms with Crippen molar-refractivity contribution in [2.75, 3.05) is 6.61 Å². The second kappa shape index (κ2) is 4.29. The Morgan fingerprint density at radius 3 is 2.87 bits per heavy atom. The molecule has 2 heterocycles. The van der Waals surface area contributed by atoms with E-state index in [0.29, 0.717) is 27.3 Å². The molecule has 2 rings (SSSR count). The summed E-state index contributed by atoms with van der Waals surface area (Å²) in [6.07, 6.45) is 0.0582. The van der Waals surface area contributed by atoms with Crippen molar-refractivity contribution in [2.45, 2.75) is 12.5 Å². The number of carboxylic acids is 1. The van der Waals surface area contributed by atoms with Crippen LogP contribution in [0.5, 0.6) is 0 Å². The zero-order chi connectivity index (χ0) is 11.0. The molecule has 1 aromatic heterocycles. The SMILES string of the molecule is O=C(O)C1CCOC1c1cc(Cl)sc1Cl. The molecule has 1 saturated heterocycles. The lowest BCUT2D eigenvalue weighted by Gasteiger charge is -2.13. The van der Waals surface area contributed by atoms with Crippen LogP contribution in [0.3, 0.4) is 0 Å². The first kappa shape index (κ1) is 11.2. The highest BCUT2D eigenvalue weighted by Crippen LogP contribution is 2.42. The topological polar surface area (TPSA) is 46.5 Å². The average Bonchev–Trinajstić information content (AvgIpc) is 2.71. The molecule has 1 aromatic rings. The molecule has 0 aromatic carbocycles. The van der Waals surface area contributed by atoms with Crippen molar-refractivity contribution >= 4 is 40.5 Å². The van der Waals surface area contributed by atoms with E-state index in [2.05, 4.69) is 0 Å². The first-order chi connectivity index (χ1) is 7.09. The number of carbonyl (C=O) groups is 1. The van der Waals surface area contributed by atoms with Gasteiger partial charge in [-0.05, 0) is 12.5 Å². The quantitative estimate of drug-likeness (QED) is 0.894. The number of carboxylic acid groups (broad SMARTS) is 1. The van der Waals surface area contributed by atoms with Crippen LogP contribution in [0, 0.1) is 5.92 Å². The van der Waals surface area contributed by atoms with Gasteiger partial charge in [-0.3, -0.25) is 4.79 Å². The van der Waals surface area contributed by atoms with Gasteiger partial charge in [0.1, 0.15) is 4.34 Å². The number of aliphatic carboxylic acids is 1. The van der Waals surface area contributed by atoms with E-state index in [-0.39, 0.29) is 0 Å². The molecule has 0 spiro atoms. The summed E-state index contributed by atoms with van der Waals surface area (Å²) in [6, 6.07) is 1.68. The minimum Gasteiger partial charge on any atom is -0.481 e. The van der Waals surface area contributed by atoms with E-state index in [9.17, 15) is 4.79 Å². The first-order valence-corrected chi connectivity index (χ1v) is 5.96. The van der Waals surface area contributed by atoms with Crippen molar-refractivity contribution in [2.24, 2.45) is 5.92 Å². The van der Waals surface area contributed by atoms with Crippen LogP contribution >= 0.6 is 34.5 Å². The van der Waals surface area contributed by atoms with Crippen LogP contribution < -0.4 is 0 Å². The Morgan fingerprint density at radius 2 is 2.33 bits per heavy atom. The third kappa shape index (κ3) is 2.13. The lowest BCUT2D eigenvalue weighted by atomic mass is 9.97. The Balaban J connectivity index is 2.30. The van der Waals surface area contributed by atoms with Gasteiger partial charge in [0.05, 0.1) is 16.4 Å². The lowest BCUT2D eigenvalue weighted by Crippen LogP contribution is -2.17. The molecule has 1 aliphatic heterocycles. The number of hydrogen-bond acceptors (Lipinski definition) is 3. The molecule has 2 atom stereocenters. The highest BCUT2D eigenvalue weighted by Gasteiger charge is 2.37. The largest absolute Gasteiger partial charge is 0.481 e. The number of thiophene rings is 1. The predicted molar refractivity (Wildman–Crippen MR) is 58.8 cm³/mol. The molecule has 82 valence electrons. The van der Waals surface area contributed by atoms with Crippen molar-refractivity contribution in [1.29, 1.82) is 0 Å². The van der Waals surface area contributed by atoms with E-state index in [1.807, 2.05) is 0 Å². The predicted octanol–water partition coefficient (Wildman–Crippen LogP) is 3.22. The van der Waals surface area contributed by atoms with Crippen molar-refractivity contribution in [3.05, 3.63) is 20.3 Å². The zero-order valence-electron chi connectivity index (χ0n) is 7.57. The fourth-order valence-electron chi connectivity index (χ4n) is 1.70. The van der Waals surface area contributed by atoms with Crippen LogP contribution in [0.2, 0.25) is 8.67 Å². The number of rotatable bonds is 2. The molecule has 1 aliphatic rings. The summed E-state index contributed by atoms with van der Waals surface area (Å²) in [7, 11) is 0. The first-order valence-electron chi connectivity index (χ1n) is 4.38. The third-order valence-corrected chi connectivity index (χ3v) is 3.92. The number of halogens is 2. The molecule has 0 radical (unpaired) electrons. The van der Waals surface area contributed by atoms with Gasteiger partial charge in [-0.25, -0.2) is 0 Å². The van der Waals surface area contributed by atoms with E-state index >= 15 is 0 Å². The molecule has 0 bridgehead atoms. The lowest BCUT2D eigenvalue weighted by molar-refractivity contribution is -0.143. The Bertz CT molecular complexity index is 391. The fourth-order valence-corrected chi connectivity index (χ4v) is 3.22. The van der Waals surface area contributed by atoms with Crippen LogP contribution in [0.15, 0.2) is 6.07 Å². The van der Waals surface area contributed by atoms with Gasteiger partial charge in [0.25, 0.3) is 0 Å². The molecule has 0 aliphatic carbocycles. The molecule has 3 nitrogen and oxygen atoms in total. The van der Waals surface area contributed by atoms with Crippen LogP contribution in [0.25, 0.3) is 0 Å². The van der Waals surface area contributed by atoms with Gasteiger partial charge in [0.15, 0.2) is 0 Å². The Morgan fingerprint density at radius 1 is 1.60 bits per heavy atom. The fraction of sp³-hybridized carbons (Fsp3) is 0.444. The van der Waals surface area contributed by atoms with Gasteiger partial charge in [-0.15, -0.1) is 11.3 Å². The maximum atomic E-state index is 11.0. The van der Waals surface area contributed by atoms with Gasteiger partial charge in [0, 0.05) is 12.2 Å². The Hall–Kier alpha value is -0.290. The van der Waals surface area contributed by atoms with Gasteiger partial charge in [-0.2, -0.15) is 0 Å². The summed E-state index contributed by atoms with van der Waals surface area (Å²) >= 11 is 13.0. The van der Waals surface area contributed by atoms with Crippen LogP contribution in [0.4, 0.5) is 0 Å². The van der Waals surface area contributed by atoms with Crippen LogP contribution in [-0.2, 0) is 9.53 Å². The van der Waals surface area contributed by atoms with Gasteiger partial charge in [0.2, 0.25) is 0 Å². The summed E-state index contributed by atoms with van der Waals surface area (Å²) in [4.78, 5) is 11.0. The maximum absolute atomic E-state index is 11.0. The highest BCUT2D eigenvalue weighted by atomic mass is 35.5. The van der Waals surface area contributed by atoms with Crippen molar-refractivity contribution < 1.29 is 14.6 Å². The molecule has 0 amide bonds. The molecule has 6 heteroatoms. The molecular weight excluding hydrogens is 259 g/mol. The monoisotopic (exact) mass is 266 g/mol. The Labute approximate surface area is 101 Å². The molecular formula is C9H8Cl2O3S. The smallest absolute Gasteiger partial charge is 0.309 e. The van der Waals surface area contributed by atoms with E-state index in [4.69, 9.17) is 33.0 Å². The number of hydrogen-bond donors (Lipinski definition) is 1. The van der Waals surface area contributed by atoms with Crippen molar-refractivity contribution in [3.8, 4) is 0 Å². The summed E-state index contributed by atoms with van der Waals surface area (Å²) in [5.41, 5.74) is 0.691.